The molecule has 0 bridgehead atoms. The van der Waals surface area contributed by atoms with Gasteiger partial charge in [-0.05, 0) is 37.9 Å². The van der Waals surface area contributed by atoms with Gasteiger partial charge >= 0.3 is 0 Å². The first-order valence-electron chi connectivity index (χ1n) is 4.99. The van der Waals surface area contributed by atoms with Crippen LogP contribution in [0.3, 0.4) is 0 Å². The van der Waals surface area contributed by atoms with Crippen LogP contribution in [0.2, 0.25) is 0 Å². The van der Waals surface area contributed by atoms with Crippen LogP contribution in [-0.4, -0.2) is 21.7 Å². The summed E-state index contributed by atoms with van der Waals surface area (Å²) in [6, 6.07) is 1.94. The van der Waals surface area contributed by atoms with Crippen LogP contribution in [0.15, 0.2) is 25.7 Å². The minimum atomic E-state index is 0.586. The Morgan fingerprint density at radius 2 is 2.24 bits per heavy atom. The molecule has 0 fully saturated rings. The molecule has 0 radical (unpaired) electrons. The van der Waals surface area contributed by atoms with Gasteiger partial charge in [0.1, 0.15) is 5.82 Å². The van der Waals surface area contributed by atoms with E-state index in [1.54, 1.807) is 13.1 Å². The molecule has 17 heavy (non-hydrogen) atoms. The number of nitrogens with one attached hydrogen (secondary N) is 1. The van der Waals surface area contributed by atoms with Crippen LogP contribution in [0.25, 0.3) is 0 Å². The van der Waals surface area contributed by atoms with Gasteiger partial charge in [0, 0.05) is 30.6 Å². The van der Waals surface area contributed by atoms with E-state index in [0.717, 1.165) is 14.8 Å². The number of anilines is 1. The molecule has 0 aliphatic rings. The summed E-state index contributed by atoms with van der Waals surface area (Å²) >= 11 is 6.78. The molecule has 7 heteroatoms. The highest BCUT2D eigenvalue weighted by Crippen LogP contribution is 2.23. The number of halogens is 2. The van der Waals surface area contributed by atoms with E-state index < -0.39 is 0 Å². The first-order chi connectivity index (χ1) is 8.15. The van der Waals surface area contributed by atoms with E-state index in [1.165, 1.54) is 0 Å². The first kappa shape index (κ1) is 12.5. The van der Waals surface area contributed by atoms with Crippen LogP contribution in [0.4, 0.5) is 5.82 Å². The van der Waals surface area contributed by atoms with Gasteiger partial charge in [-0.25, -0.2) is 4.98 Å². The second-order valence-corrected chi connectivity index (χ2v) is 5.16. The Labute approximate surface area is 115 Å². The summed E-state index contributed by atoms with van der Waals surface area (Å²) in [7, 11) is 0. The second kappa shape index (κ2) is 5.59. The third-order valence-electron chi connectivity index (χ3n) is 2.02. The molecular weight excluding hydrogens is 352 g/mol. The zero-order chi connectivity index (χ0) is 12.3. The third kappa shape index (κ3) is 3.50. The van der Waals surface area contributed by atoms with Crippen LogP contribution >= 0.6 is 31.9 Å². The van der Waals surface area contributed by atoms with E-state index in [-0.39, 0.29) is 0 Å². The highest BCUT2D eigenvalue weighted by molar-refractivity contribution is 9.11. The summed E-state index contributed by atoms with van der Waals surface area (Å²) in [5.41, 5.74) is 0. The monoisotopic (exact) mass is 360 g/mol. The molecule has 0 aromatic carbocycles. The van der Waals surface area contributed by atoms with Gasteiger partial charge in [0.15, 0.2) is 5.82 Å². The van der Waals surface area contributed by atoms with Crippen molar-refractivity contribution < 1.29 is 4.52 Å². The van der Waals surface area contributed by atoms with Crippen molar-refractivity contribution in [2.75, 3.05) is 11.9 Å². The molecule has 0 saturated carbocycles. The standard InChI is InChI=1S/C10H10Br2N4O/c1-6-15-9(16-17-6)2-3-13-10-8(12)4-7(11)5-14-10/h4-5H,2-3H2,1H3,(H,13,14). The molecule has 0 aliphatic carbocycles. The summed E-state index contributed by atoms with van der Waals surface area (Å²) in [5, 5.41) is 7.02. The van der Waals surface area contributed by atoms with Crippen molar-refractivity contribution in [1.29, 1.82) is 0 Å². The summed E-state index contributed by atoms with van der Waals surface area (Å²) in [5.74, 6) is 2.08. The minimum Gasteiger partial charge on any atom is -0.369 e. The number of hydrogen-bond acceptors (Lipinski definition) is 5. The maximum atomic E-state index is 4.89. The quantitative estimate of drug-likeness (QED) is 0.906. The predicted octanol–water partition coefficient (Wildman–Crippen LogP) is 2.95. The largest absolute Gasteiger partial charge is 0.369 e. The molecule has 0 atom stereocenters. The van der Waals surface area contributed by atoms with Gasteiger partial charge in [-0.15, -0.1) is 0 Å². The molecule has 0 spiro atoms. The molecule has 0 amide bonds. The summed E-state index contributed by atoms with van der Waals surface area (Å²) in [6.07, 6.45) is 2.44. The Kier molecular flexibility index (Phi) is 4.11. The van der Waals surface area contributed by atoms with Gasteiger partial charge in [0.25, 0.3) is 0 Å². The average molecular weight is 362 g/mol. The maximum Gasteiger partial charge on any atom is 0.223 e. The molecule has 1 N–H and O–H groups in total. The van der Waals surface area contributed by atoms with Crippen LogP contribution in [-0.2, 0) is 6.42 Å². The predicted molar refractivity (Wildman–Crippen MR) is 70.9 cm³/mol. The van der Waals surface area contributed by atoms with E-state index in [2.05, 4.69) is 52.3 Å². The van der Waals surface area contributed by atoms with E-state index >= 15 is 0 Å². The number of rotatable bonds is 4. The lowest BCUT2D eigenvalue weighted by Gasteiger charge is -2.05. The number of pyridine rings is 1. The van der Waals surface area contributed by atoms with Crippen molar-refractivity contribution in [3.8, 4) is 0 Å². The topological polar surface area (TPSA) is 63.8 Å². The van der Waals surface area contributed by atoms with Gasteiger partial charge in [-0.3, -0.25) is 0 Å². The lowest BCUT2D eigenvalue weighted by molar-refractivity contribution is 0.387. The molecular formula is C10H10Br2N4O. The SMILES string of the molecule is Cc1nc(CCNc2ncc(Br)cc2Br)no1. The van der Waals surface area contributed by atoms with Crippen LogP contribution < -0.4 is 5.32 Å². The Morgan fingerprint density at radius 1 is 1.41 bits per heavy atom. The fourth-order valence-electron chi connectivity index (χ4n) is 1.28. The van der Waals surface area contributed by atoms with Crippen molar-refractivity contribution in [2.45, 2.75) is 13.3 Å². The Hall–Kier alpha value is -0.950. The van der Waals surface area contributed by atoms with Crippen LogP contribution in [0.1, 0.15) is 11.7 Å². The van der Waals surface area contributed by atoms with E-state index in [4.69, 9.17) is 4.52 Å². The van der Waals surface area contributed by atoms with Crippen molar-refractivity contribution in [3.05, 3.63) is 32.9 Å². The van der Waals surface area contributed by atoms with Crippen molar-refractivity contribution in [3.63, 3.8) is 0 Å². The van der Waals surface area contributed by atoms with Crippen molar-refractivity contribution >= 4 is 37.7 Å². The summed E-state index contributed by atoms with van der Waals surface area (Å²) in [4.78, 5) is 8.37. The smallest absolute Gasteiger partial charge is 0.223 e. The minimum absolute atomic E-state index is 0.586. The van der Waals surface area contributed by atoms with Gasteiger partial charge in [-0.1, -0.05) is 5.16 Å². The Bertz CT molecular complexity index is 515. The fourth-order valence-corrected chi connectivity index (χ4v) is 2.41. The fraction of sp³-hybridized carbons (Fsp3) is 0.300. The molecule has 2 rings (SSSR count). The lowest BCUT2D eigenvalue weighted by Crippen LogP contribution is -2.07. The number of aromatic nitrogens is 3. The summed E-state index contributed by atoms with van der Waals surface area (Å²) in [6.45, 7) is 2.48. The Balaban J connectivity index is 1.90. The zero-order valence-corrected chi connectivity index (χ0v) is 12.2. The highest BCUT2D eigenvalue weighted by atomic mass is 79.9. The average Bonchev–Trinajstić information content (AvgIpc) is 2.68. The summed E-state index contributed by atoms with van der Waals surface area (Å²) < 4.78 is 6.73. The normalized spacial score (nSPS) is 10.5. The third-order valence-corrected chi connectivity index (χ3v) is 3.06. The number of hydrogen-bond donors (Lipinski definition) is 1. The lowest BCUT2D eigenvalue weighted by atomic mass is 10.4. The second-order valence-electron chi connectivity index (χ2n) is 3.39. The van der Waals surface area contributed by atoms with E-state index in [9.17, 15) is 0 Å². The first-order valence-corrected chi connectivity index (χ1v) is 6.58. The van der Waals surface area contributed by atoms with Gasteiger partial charge in [-0.2, -0.15) is 4.98 Å². The molecule has 0 aliphatic heterocycles. The van der Waals surface area contributed by atoms with Gasteiger partial charge < -0.3 is 9.84 Å². The van der Waals surface area contributed by atoms with E-state index in [1.807, 2.05) is 6.07 Å². The number of nitrogens with zero attached hydrogens (tertiary/aromatic N) is 3. The molecule has 2 aromatic heterocycles. The van der Waals surface area contributed by atoms with Crippen LogP contribution in [0, 0.1) is 6.92 Å². The molecule has 2 heterocycles. The van der Waals surface area contributed by atoms with Gasteiger partial charge in [0.2, 0.25) is 5.89 Å². The van der Waals surface area contributed by atoms with E-state index in [0.29, 0.717) is 24.7 Å². The molecule has 0 saturated heterocycles. The van der Waals surface area contributed by atoms with Crippen LogP contribution in [0.5, 0.6) is 0 Å². The molecule has 0 unspecified atom stereocenters. The zero-order valence-electron chi connectivity index (χ0n) is 9.07. The highest BCUT2D eigenvalue weighted by Gasteiger charge is 2.04. The molecule has 2 aromatic rings. The maximum absolute atomic E-state index is 4.89. The van der Waals surface area contributed by atoms with Gasteiger partial charge in [0.05, 0.1) is 4.47 Å². The van der Waals surface area contributed by atoms with Crippen molar-refractivity contribution in [1.82, 2.24) is 15.1 Å². The Morgan fingerprint density at radius 3 is 2.88 bits per heavy atom. The molecule has 90 valence electrons. The number of aryl methyl sites for hydroxylation is 1. The van der Waals surface area contributed by atoms with Crippen molar-refractivity contribution in [2.24, 2.45) is 0 Å². The molecule has 5 nitrogen and oxygen atoms in total.